The quantitative estimate of drug-likeness (QED) is 0.411. The molecule has 8 nitrogen and oxygen atoms in total. The zero-order chi connectivity index (χ0) is 21.5. The average Bonchev–Trinajstić information content (AvgIpc) is 2.76. The number of rotatable bonds is 7. The Bertz CT molecular complexity index is 1050. The summed E-state index contributed by atoms with van der Waals surface area (Å²) in [7, 11) is 0. The van der Waals surface area contributed by atoms with Crippen LogP contribution in [-0.2, 0) is 20.9 Å². The van der Waals surface area contributed by atoms with Crippen LogP contribution in [0.15, 0.2) is 65.2 Å². The topological polar surface area (TPSA) is 122 Å². The Balaban J connectivity index is 1.72. The molecule has 0 saturated heterocycles. The molecule has 152 valence electrons. The minimum Gasteiger partial charge on any atom is -0.460 e. The van der Waals surface area contributed by atoms with Crippen molar-refractivity contribution in [3.63, 3.8) is 0 Å². The van der Waals surface area contributed by atoms with Gasteiger partial charge < -0.3 is 10.1 Å². The summed E-state index contributed by atoms with van der Waals surface area (Å²) in [5, 5.41) is 23.6. The van der Waals surface area contributed by atoms with Crippen LogP contribution in [0.5, 0.6) is 0 Å². The Morgan fingerprint density at radius 1 is 1.27 bits per heavy atom. The number of hydrogen-bond acceptors (Lipinski definition) is 7. The maximum absolute atomic E-state index is 12.2. The van der Waals surface area contributed by atoms with Crippen LogP contribution in [0.25, 0.3) is 0 Å². The van der Waals surface area contributed by atoms with Crippen molar-refractivity contribution in [1.29, 1.82) is 5.26 Å². The van der Waals surface area contributed by atoms with Gasteiger partial charge in [0, 0.05) is 24.5 Å². The van der Waals surface area contributed by atoms with Gasteiger partial charge in [-0.25, -0.2) is 0 Å². The number of esters is 1. The Kier molecular flexibility index (Phi) is 6.83. The standard InChI is InChI=1S/C21H17N3O5S/c22-11-18-17(15-7-4-8-16(9-15)24(27)28)10-19(25)23-21(18)30-13-20(26)29-12-14-5-2-1-3-6-14/h1-9,17H,10,12-13H2,(H,23,25)/t17-/m1/s1. The first-order valence-corrected chi connectivity index (χ1v) is 9.97. The van der Waals surface area contributed by atoms with Gasteiger partial charge in [-0.3, -0.25) is 19.7 Å². The third-order valence-electron chi connectivity index (χ3n) is 4.42. The molecular formula is C21H17N3O5S. The smallest absolute Gasteiger partial charge is 0.316 e. The van der Waals surface area contributed by atoms with Crippen molar-refractivity contribution in [2.75, 3.05) is 5.75 Å². The summed E-state index contributed by atoms with van der Waals surface area (Å²) in [6, 6.07) is 17.2. The number of amides is 1. The van der Waals surface area contributed by atoms with Crippen molar-refractivity contribution in [3.8, 4) is 6.07 Å². The first-order valence-electron chi connectivity index (χ1n) is 8.98. The van der Waals surface area contributed by atoms with Crippen LogP contribution >= 0.6 is 11.8 Å². The highest BCUT2D eigenvalue weighted by atomic mass is 32.2. The van der Waals surface area contributed by atoms with E-state index in [0.29, 0.717) is 5.56 Å². The van der Waals surface area contributed by atoms with Crippen LogP contribution < -0.4 is 5.32 Å². The number of non-ortho nitro benzene ring substituents is 1. The minimum absolute atomic E-state index is 0.00737. The second-order valence-electron chi connectivity index (χ2n) is 6.45. The van der Waals surface area contributed by atoms with E-state index in [1.165, 1.54) is 18.2 Å². The van der Waals surface area contributed by atoms with Gasteiger partial charge in [-0.2, -0.15) is 5.26 Å². The van der Waals surface area contributed by atoms with E-state index in [4.69, 9.17) is 4.74 Å². The molecule has 0 fully saturated rings. The van der Waals surface area contributed by atoms with Crippen molar-refractivity contribution in [2.24, 2.45) is 0 Å². The first kappa shape index (κ1) is 21.1. The van der Waals surface area contributed by atoms with E-state index < -0.39 is 16.8 Å². The number of nitrogens with zero attached hydrogens (tertiary/aromatic N) is 2. The molecule has 1 heterocycles. The molecule has 0 bridgehead atoms. The summed E-state index contributed by atoms with van der Waals surface area (Å²) in [5.41, 5.74) is 1.50. The molecule has 0 aromatic heterocycles. The van der Waals surface area contributed by atoms with Gasteiger partial charge in [0.1, 0.15) is 6.61 Å². The second-order valence-corrected chi connectivity index (χ2v) is 7.43. The highest BCUT2D eigenvalue weighted by Crippen LogP contribution is 2.36. The number of nitrogens with one attached hydrogen (secondary N) is 1. The number of nitriles is 1. The molecular weight excluding hydrogens is 406 g/mol. The SMILES string of the molecule is N#CC1=C(SCC(=O)OCc2ccccc2)NC(=O)C[C@@H]1c1cccc([N+](=O)[O-])c1. The van der Waals surface area contributed by atoms with E-state index in [9.17, 15) is 25.0 Å². The van der Waals surface area contributed by atoms with E-state index in [1.807, 2.05) is 30.3 Å². The maximum atomic E-state index is 12.2. The van der Waals surface area contributed by atoms with Gasteiger partial charge >= 0.3 is 5.97 Å². The predicted octanol–water partition coefficient (Wildman–Crippen LogP) is 3.41. The molecule has 1 N–H and O–H groups in total. The minimum atomic E-state index is -0.619. The summed E-state index contributed by atoms with van der Waals surface area (Å²) in [4.78, 5) is 34.8. The molecule has 0 radical (unpaired) electrons. The molecule has 30 heavy (non-hydrogen) atoms. The van der Waals surface area contributed by atoms with Crippen molar-refractivity contribution in [3.05, 3.63) is 86.4 Å². The molecule has 0 aliphatic carbocycles. The van der Waals surface area contributed by atoms with Gasteiger partial charge in [-0.1, -0.05) is 54.2 Å². The molecule has 0 spiro atoms. The fraction of sp³-hybridized carbons (Fsp3) is 0.190. The Hall–Kier alpha value is -3.64. The van der Waals surface area contributed by atoms with Crippen LogP contribution in [0, 0.1) is 21.4 Å². The van der Waals surface area contributed by atoms with E-state index in [2.05, 4.69) is 11.4 Å². The molecule has 2 aromatic carbocycles. The van der Waals surface area contributed by atoms with Crippen LogP contribution in [-0.4, -0.2) is 22.6 Å². The van der Waals surface area contributed by atoms with Gasteiger partial charge in [0.2, 0.25) is 5.91 Å². The summed E-state index contributed by atoms with van der Waals surface area (Å²) in [6.45, 7) is 0.132. The van der Waals surface area contributed by atoms with E-state index in [-0.39, 0.29) is 41.0 Å². The lowest BCUT2D eigenvalue weighted by Crippen LogP contribution is -2.31. The molecule has 3 rings (SSSR count). The number of benzene rings is 2. The number of carbonyl (C=O) groups excluding carboxylic acids is 2. The zero-order valence-electron chi connectivity index (χ0n) is 15.7. The number of thioether (sulfide) groups is 1. The number of carbonyl (C=O) groups is 2. The zero-order valence-corrected chi connectivity index (χ0v) is 16.6. The van der Waals surface area contributed by atoms with E-state index in [1.54, 1.807) is 6.07 Å². The van der Waals surface area contributed by atoms with Gasteiger partial charge in [0.05, 0.1) is 27.3 Å². The molecule has 1 amide bonds. The Morgan fingerprint density at radius 2 is 2.03 bits per heavy atom. The highest BCUT2D eigenvalue weighted by molar-refractivity contribution is 8.03. The Labute approximate surface area is 176 Å². The fourth-order valence-electron chi connectivity index (χ4n) is 2.98. The van der Waals surface area contributed by atoms with Gasteiger partial charge in [0.15, 0.2) is 0 Å². The molecule has 9 heteroatoms. The van der Waals surface area contributed by atoms with E-state index >= 15 is 0 Å². The summed E-state index contributed by atoms with van der Waals surface area (Å²) in [5.74, 6) is -1.52. The molecule has 0 saturated carbocycles. The molecule has 2 aromatic rings. The van der Waals surface area contributed by atoms with Gasteiger partial charge in [0.25, 0.3) is 5.69 Å². The monoisotopic (exact) mass is 423 g/mol. The largest absolute Gasteiger partial charge is 0.460 e. The van der Waals surface area contributed by atoms with Crippen LogP contribution in [0.4, 0.5) is 5.69 Å². The number of nitro benzene ring substituents is 1. The van der Waals surface area contributed by atoms with Crippen molar-refractivity contribution >= 4 is 29.3 Å². The number of ether oxygens (including phenoxy) is 1. The molecule has 1 atom stereocenters. The van der Waals surface area contributed by atoms with Crippen molar-refractivity contribution in [1.82, 2.24) is 5.32 Å². The van der Waals surface area contributed by atoms with Crippen LogP contribution in [0.2, 0.25) is 0 Å². The lowest BCUT2D eigenvalue weighted by Gasteiger charge is -2.24. The van der Waals surface area contributed by atoms with Crippen LogP contribution in [0.1, 0.15) is 23.5 Å². The van der Waals surface area contributed by atoms with Crippen LogP contribution in [0.3, 0.4) is 0 Å². The molecule has 0 unspecified atom stereocenters. The first-order chi connectivity index (χ1) is 14.5. The highest BCUT2D eigenvalue weighted by Gasteiger charge is 2.30. The van der Waals surface area contributed by atoms with Gasteiger partial charge in [-0.15, -0.1) is 0 Å². The average molecular weight is 423 g/mol. The third-order valence-corrected chi connectivity index (χ3v) is 5.41. The summed E-state index contributed by atoms with van der Waals surface area (Å²) >= 11 is 1.00. The Morgan fingerprint density at radius 3 is 2.73 bits per heavy atom. The summed E-state index contributed by atoms with van der Waals surface area (Å²) in [6.07, 6.45) is -0.00737. The lowest BCUT2D eigenvalue weighted by atomic mass is 9.87. The number of hydrogen-bond donors (Lipinski definition) is 1. The molecule has 1 aliphatic heterocycles. The van der Waals surface area contributed by atoms with Gasteiger partial charge in [-0.05, 0) is 11.1 Å². The normalized spacial score (nSPS) is 15.8. The third kappa shape index (κ3) is 5.24. The predicted molar refractivity (Wildman–Crippen MR) is 110 cm³/mol. The second kappa shape index (κ2) is 9.71. The van der Waals surface area contributed by atoms with E-state index in [0.717, 1.165) is 17.3 Å². The lowest BCUT2D eigenvalue weighted by molar-refractivity contribution is -0.384. The number of nitro groups is 1. The number of allylic oxidation sites excluding steroid dienone is 1. The van der Waals surface area contributed by atoms with Crippen molar-refractivity contribution in [2.45, 2.75) is 18.9 Å². The molecule has 1 aliphatic rings. The summed E-state index contributed by atoms with van der Waals surface area (Å²) < 4.78 is 5.22. The van der Waals surface area contributed by atoms with Crippen molar-refractivity contribution < 1.29 is 19.2 Å². The fourth-order valence-corrected chi connectivity index (χ4v) is 3.86. The maximum Gasteiger partial charge on any atom is 0.316 e.